The van der Waals surface area contributed by atoms with Gasteiger partial charge in [-0.2, -0.15) is 0 Å². The maximum Gasteiger partial charge on any atom is 0.410 e. The molecule has 0 N–H and O–H groups in total. The number of carbonyl (C=O) groups excluding carboxylic acids is 1. The molecule has 0 radical (unpaired) electrons. The Morgan fingerprint density at radius 2 is 2.05 bits per heavy atom. The molecule has 3 rings (SSSR count). The number of likely N-dealkylation sites (N-methyl/N-ethyl adjacent to an activating group) is 1. The van der Waals surface area contributed by atoms with Gasteiger partial charge in [-0.3, -0.25) is 4.90 Å². The first-order valence-electron chi connectivity index (χ1n) is 7.86. The Kier molecular flexibility index (Phi) is 3.89. The highest BCUT2D eigenvalue weighted by molar-refractivity contribution is 5.70. The van der Waals surface area contributed by atoms with Crippen LogP contribution in [0.2, 0.25) is 0 Å². The van der Waals surface area contributed by atoms with Gasteiger partial charge in [-0.05, 0) is 19.4 Å². The van der Waals surface area contributed by atoms with E-state index in [4.69, 9.17) is 4.74 Å². The molecule has 0 saturated carbocycles. The van der Waals surface area contributed by atoms with Crippen LogP contribution in [0.5, 0.6) is 0 Å². The van der Waals surface area contributed by atoms with Crippen LogP contribution in [0.1, 0.15) is 30.9 Å². The van der Waals surface area contributed by atoms with E-state index in [1.165, 1.54) is 11.1 Å². The Balaban J connectivity index is 1.57. The number of rotatable bonds is 3. The molecule has 0 atom stereocenters. The second kappa shape index (κ2) is 5.68. The van der Waals surface area contributed by atoms with Crippen molar-refractivity contribution in [1.82, 2.24) is 9.80 Å². The Bertz CT molecular complexity index is 521. The zero-order valence-corrected chi connectivity index (χ0v) is 13.0. The monoisotopic (exact) mass is 288 g/mol. The number of hydrogen-bond donors (Lipinski definition) is 0. The summed E-state index contributed by atoms with van der Waals surface area (Å²) in [6, 6.07) is 8.69. The molecule has 114 valence electrons. The van der Waals surface area contributed by atoms with E-state index in [1.54, 1.807) is 0 Å². The summed E-state index contributed by atoms with van der Waals surface area (Å²) in [5, 5.41) is 0. The topological polar surface area (TPSA) is 32.8 Å². The summed E-state index contributed by atoms with van der Waals surface area (Å²) in [6.07, 6.45) is 1.76. The van der Waals surface area contributed by atoms with Gasteiger partial charge in [0.1, 0.15) is 5.60 Å². The van der Waals surface area contributed by atoms with Gasteiger partial charge in [0, 0.05) is 39.0 Å². The maximum atomic E-state index is 11.8. The molecule has 2 heterocycles. The third-order valence-corrected chi connectivity index (χ3v) is 4.68. The Hall–Kier alpha value is -1.55. The van der Waals surface area contributed by atoms with Crippen LogP contribution in [0.25, 0.3) is 0 Å². The molecule has 2 fully saturated rings. The van der Waals surface area contributed by atoms with Crippen LogP contribution in [0.3, 0.4) is 0 Å². The SMILES string of the molecule is CCN1CC2(CCN(Cc3cccc(C)c3)CC2)OC1=O. The molecule has 2 aliphatic rings. The van der Waals surface area contributed by atoms with Crippen LogP contribution >= 0.6 is 0 Å². The number of ether oxygens (including phenoxy) is 1. The number of amides is 1. The van der Waals surface area contributed by atoms with E-state index in [9.17, 15) is 4.79 Å². The van der Waals surface area contributed by atoms with Gasteiger partial charge < -0.3 is 9.64 Å². The zero-order chi connectivity index (χ0) is 14.9. The fraction of sp³-hybridized carbons (Fsp3) is 0.588. The molecule has 2 aliphatic heterocycles. The van der Waals surface area contributed by atoms with Crippen LogP contribution in [-0.4, -0.2) is 47.7 Å². The Morgan fingerprint density at radius 3 is 2.67 bits per heavy atom. The molecule has 0 bridgehead atoms. The van der Waals surface area contributed by atoms with Crippen molar-refractivity contribution in [1.29, 1.82) is 0 Å². The van der Waals surface area contributed by atoms with E-state index >= 15 is 0 Å². The first-order chi connectivity index (χ1) is 10.1. The van der Waals surface area contributed by atoms with Crippen molar-refractivity contribution in [2.45, 2.75) is 38.8 Å². The highest BCUT2D eigenvalue weighted by Crippen LogP contribution is 2.33. The summed E-state index contributed by atoms with van der Waals surface area (Å²) < 4.78 is 5.67. The van der Waals surface area contributed by atoms with Crippen molar-refractivity contribution < 1.29 is 9.53 Å². The molecule has 1 amide bonds. The minimum Gasteiger partial charge on any atom is -0.441 e. The van der Waals surface area contributed by atoms with E-state index < -0.39 is 0 Å². The van der Waals surface area contributed by atoms with Crippen molar-refractivity contribution in [3.63, 3.8) is 0 Å². The molecule has 2 saturated heterocycles. The standard InChI is InChI=1S/C17H24N2O2/c1-3-19-13-17(21-16(19)20)7-9-18(10-8-17)12-15-6-4-5-14(2)11-15/h4-6,11H,3,7-10,12-13H2,1-2H3. The first kappa shape index (κ1) is 14.4. The molecular formula is C17H24N2O2. The number of piperidine rings is 1. The Labute approximate surface area is 126 Å². The largest absolute Gasteiger partial charge is 0.441 e. The summed E-state index contributed by atoms with van der Waals surface area (Å²) in [4.78, 5) is 16.1. The molecule has 0 aromatic heterocycles. The third kappa shape index (κ3) is 3.05. The van der Waals surface area contributed by atoms with Gasteiger partial charge in [0.05, 0.1) is 6.54 Å². The van der Waals surface area contributed by atoms with Crippen molar-refractivity contribution in [2.24, 2.45) is 0 Å². The molecule has 1 aromatic rings. The molecule has 4 heteroatoms. The maximum absolute atomic E-state index is 11.8. The van der Waals surface area contributed by atoms with Gasteiger partial charge in [-0.15, -0.1) is 0 Å². The molecule has 21 heavy (non-hydrogen) atoms. The third-order valence-electron chi connectivity index (χ3n) is 4.68. The molecule has 4 nitrogen and oxygen atoms in total. The van der Waals surface area contributed by atoms with Crippen LogP contribution in [0.4, 0.5) is 4.79 Å². The van der Waals surface area contributed by atoms with Gasteiger partial charge in [-0.25, -0.2) is 4.79 Å². The van der Waals surface area contributed by atoms with E-state index in [0.29, 0.717) is 0 Å². The van der Waals surface area contributed by atoms with E-state index in [-0.39, 0.29) is 11.7 Å². The van der Waals surface area contributed by atoms with Gasteiger partial charge in [0.15, 0.2) is 0 Å². The van der Waals surface area contributed by atoms with Gasteiger partial charge in [0.2, 0.25) is 0 Å². The molecule has 1 spiro atoms. The first-order valence-corrected chi connectivity index (χ1v) is 7.86. The van der Waals surface area contributed by atoms with Crippen molar-refractivity contribution >= 4 is 6.09 Å². The lowest BCUT2D eigenvalue weighted by Crippen LogP contribution is -2.46. The average molecular weight is 288 g/mol. The second-order valence-corrected chi connectivity index (χ2v) is 6.33. The minimum absolute atomic E-state index is 0.135. The highest BCUT2D eigenvalue weighted by Gasteiger charge is 2.46. The fourth-order valence-electron chi connectivity index (χ4n) is 3.38. The van der Waals surface area contributed by atoms with Crippen LogP contribution in [-0.2, 0) is 11.3 Å². The van der Waals surface area contributed by atoms with Crippen LogP contribution < -0.4 is 0 Å². The lowest BCUT2D eigenvalue weighted by molar-refractivity contribution is -0.00123. The zero-order valence-electron chi connectivity index (χ0n) is 13.0. The molecule has 0 aliphatic carbocycles. The normalized spacial score (nSPS) is 21.8. The van der Waals surface area contributed by atoms with Crippen molar-refractivity contribution in [3.8, 4) is 0 Å². The summed E-state index contributed by atoms with van der Waals surface area (Å²) in [7, 11) is 0. The summed E-state index contributed by atoms with van der Waals surface area (Å²) in [5.41, 5.74) is 2.45. The summed E-state index contributed by atoms with van der Waals surface area (Å²) >= 11 is 0. The van der Waals surface area contributed by atoms with Crippen LogP contribution in [0, 0.1) is 6.92 Å². The smallest absolute Gasteiger partial charge is 0.410 e. The van der Waals surface area contributed by atoms with Crippen molar-refractivity contribution in [2.75, 3.05) is 26.2 Å². The number of hydrogen-bond acceptors (Lipinski definition) is 3. The van der Waals surface area contributed by atoms with Crippen LogP contribution in [0.15, 0.2) is 24.3 Å². The van der Waals surface area contributed by atoms with E-state index in [1.807, 2.05) is 11.8 Å². The number of benzene rings is 1. The predicted molar refractivity (Wildman–Crippen MR) is 82.1 cm³/mol. The lowest BCUT2D eigenvalue weighted by Gasteiger charge is -2.37. The average Bonchev–Trinajstić information content (AvgIpc) is 2.78. The molecule has 1 aromatic carbocycles. The Morgan fingerprint density at radius 1 is 1.29 bits per heavy atom. The van der Waals surface area contributed by atoms with Gasteiger partial charge in [0.25, 0.3) is 0 Å². The van der Waals surface area contributed by atoms with E-state index in [2.05, 4.69) is 36.1 Å². The number of likely N-dealkylation sites (tertiary alicyclic amines) is 1. The fourth-order valence-corrected chi connectivity index (χ4v) is 3.38. The summed E-state index contributed by atoms with van der Waals surface area (Å²) in [6.45, 7) is 8.63. The number of nitrogens with zero attached hydrogens (tertiary/aromatic N) is 2. The number of aryl methyl sites for hydroxylation is 1. The highest BCUT2D eigenvalue weighted by atomic mass is 16.6. The minimum atomic E-state index is -0.226. The summed E-state index contributed by atoms with van der Waals surface area (Å²) in [5.74, 6) is 0. The van der Waals surface area contributed by atoms with Crippen molar-refractivity contribution in [3.05, 3.63) is 35.4 Å². The van der Waals surface area contributed by atoms with Gasteiger partial charge >= 0.3 is 6.09 Å². The predicted octanol–water partition coefficient (Wildman–Crippen LogP) is 2.80. The second-order valence-electron chi connectivity index (χ2n) is 6.33. The molecule has 0 unspecified atom stereocenters. The molecular weight excluding hydrogens is 264 g/mol. The van der Waals surface area contributed by atoms with E-state index in [0.717, 1.165) is 45.6 Å². The lowest BCUT2D eigenvalue weighted by atomic mass is 9.91. The number of carbonyl (C=O) groups is 1. The van der Waals surface area contributed by atoms with Gasteiger partial charge in [-0.1, -0.05) is 29.8 Å². The quantitative estimate of drug-likeness (QED) is 0.857.